The number of hydrogen-bond acceptors (Lipinski definition) is 2. The third-order valence-electron chi connectivity index (χ3n) is 1.96. The van der Waals surface area contributed by atoms with E-state index in [2.05, 4.69) is 5.32 Å². The van der Waals surface area contributed by atoms with E-state index in [1.54, 1.807) is 6.92 Å². The van der Waals surface area contributed by atoms with Gasteiger partial charge in [-0.25, -0.2) is 0 Å². The van der Waals surface area contributed by atoms with Crippen LogP contribution in [0.3, 0.4) is 0 Å². The molecule has 0 aromatic heterocycles. The van der Waals surface area contributed by atoms with Gasteiger partial charge >= 0.3 is 5.97 Å². The van der Waals surface area contributed by atoms with Crippen LogP contribution in [0.25, 0.3) is 0 Å². The molecule has 0 aliphatic heterocycles. The summed E-state index contributed by atoms with van der Waals surface area (Å²) >= 11 is 0. The average Bonchev–Trinajstić information content (AvgIpc) is 1.77. The van der Waals surface area contributed by atoms with Gasteiger partial charge in [0.15, 0.2) is 0 Å². The predicted octanol–water partition coefficient (Wildman–Crippen LogP) is 0.602. The predicted molar refractivity (Wildman–Crippen MR) is 37.9 cm³/mol. The van der Waals surface area contributed by atoms with E-state index in [1.165, 1.54) is 6.42 Å². The highest BCUT2D eigenvalue weighted by molar-refractivity contribution is 5.72. The van der Waals surface area contributed by atoms with Gasteiger partial charge in [0.2, 0.25) is 0 Å². The van der Waals surface area contributed by atoms with Gasteiger partial charge in [-0.05, 0) is 19.8 Å². The number of aliphatic carboxylic acids is 1. The number of nitrogens with one attached hydrogen (secondary N) is 1. The Labute approximate surface area is 60.4 Å². The summed E-state index contributed by atoms with van der Waals surface area (Å²) in [6.07, 6.45) is 3.51. The molecule has 1 rings (SSSR count). The van der Waals surface area contributed by atoms with Crippen molar-refractivity contribution in [2.24, 2.45) is 0 Å². The van der Waals surface area contributed by atoms with E-state index in [-0.39, 0.29) is 6.04 Å². The van der Waals surface area contributed by atoms with Gasteiger partial charge in [-0.2, -0.15) is 0 Å². The molecule has 10 heavy (non-hydrogen) atoms. The van der Waals surface area contributed by atoms with Crippen LogP contribution in [-0.2, 0) is 4.79 Å². The molecule has 0 spiro atoms. The molecule has 1 fully saturated rings. The standard InChI is InChI=1S/C7H13NO2/c1-5(7(9)10)8-6-3-2-4-6/h5-6,8H,2-4H2,1H3,(H,9,10)/t5-/m1/s1. The van der Waals surface area contributed by atoms with Crippen molar-refractivity contribution in [3.8, 4) is 0 Å². The molecule has 3 heteroatoms. The highest BCUT2D eigenvalue weighted by atomic mass is 16.4. The van der Waals surface area contributed by atoms with Gasteiger partial charge in [0, 0.05) is 6.04 Å². The van der Waals surface area contributed by atoms with Crippen molar-refractivity contribution in [3.63, 3.8) is 0 Å². The van der Waals surface area contributed by atoms with E-state index in [1.807, 2.05) is 0 Å². The second-order valence-corrected chi connectivity index (χ2v) is 2.85. The van der Waals surface area contributed by atoms with E-state index >= 15 is 0 Å². The molecular weight excluding hydrogens is 130 g/mol. The lowest BCUT2D eigenvalue weighted by atomic mass is 9.92. The number of carboxylic acids is 1. The van der Waals surface area contributed by atoms with E-state index in [0.717, 1.165) is 12.8 Å². The van der Waals surface area contributed by atoms with Crippen LogP contribution in [0, 0.1) is 0 Å². The monoisotopic (exact) mass is 143 g/mol. The largest absolute Gasteiger partial charge is 0.480 e. The quantitative estimate of drug-likeness (QED) is 0.608. The van der Waals surface area contributed by atoms with E-state index in [9.17, 15) is 4.79 Å². The fraction of sp³-hybridized carbons (Fsp3) is 0.857. The van der Waals surface area contributed by atoms with Crippen molar-refractivity contribution < 1.29 is 9.90 Å². The van der Waals surface area contributed by atoms with Crippen molar-refractivity contribution in [3.05, 3.63) is 0 Å². The van der Waals surface area contributed by atoms with Gasteiger partial charge < -0.3 is 10.4 Å². The number of carboxylic acid groups (broad SMARTS) is 1. The zero-order chi connectivity index (χ0) is 7.56. The minimum atomic E-state index is -0.757. The number of hydrogen-bond donors (Lipinski definition) is 2. The molecule has 0 unspecified atom stereocenters. The van der Waals surface area contributed by atoms with Crippen LogP contribution in [0.15, 0.2) is 0 Å². The van der Waals surface area contributed by atoms with Crippen LogP contribution in [0.1, 0.15) is 26.2 Å². The Hall–Kier alpha value is -0.570. The van der Waals surface area contributed by atoms with E-state index in [0.29, 0.717) is 6.04 Å². The highest BCUT2D eigenvalue weighted by Crippen LogP contribution is 2.18. The summed E-state index contributed by atoms with van der Waals surface area (Å²) in [5.74, 6) is -0.757. The van der Waals surface area contributed by atoms with Crippen LogP contribution in [0.2, 0.25) is 0 Å². The summed E-state index contributed by atoms with van der Waals surface area (Å²) in [6, 6.07) is 0.0800. The lowest BCUT2D eigenvalue weighted by molar-refractivity contribution is -0.139. The second-order valence-electron chi connectivity index (χ2n) is 2.85. The van der Waals surface area contributed by atoms with Gasteiger partial charge in [0.1, 0.15) is 6.04 Å². The zero-order valence-corrected chi connectivity index (χ0v) is 6.13. The SMILES string of the molecule is C[C@@H](NC1CCC1)C(=O)O. The summed E-state index contributed by atoms with van der Waals surface area (Å²) in [7, 11) is 0. The molecule has 1 atom stereocenters. The summed E-state index contributed by atoms with van der Waals surface area (Å²) in [6.45, 7) is 1.68. The molecule has 0 aromatic carbocycles. The first kappa shape index (κ1) is 7.54. The minimum absolute atomic E-state index is 0.384. The fourth-order valence-corrected chi connectivity index (χ4v) is 1.000. The fourth-order valence-electron chi connectivity index (χ4n) is 1.000. The van der Waals surface area contributed by atoms with Crippen molar-refractivity contribution in [1.29, 1.82) is 0 Å². The molecule has 1 aliphatic carbocycles. The van der Waals surface area contributed by atoms with Crippen LogP contribution in [0.4, 0.5) is 0 Å². The van der Waals surface area contributed by atoms with E-state index in [4.69, 9.17) is 5.11 Å². The third-order valence-corrected chi connectivity index (χ3v) is 1.96. The van der Waals surface area contributed by atoms with Gasteiger partial charge in [-0.3, -0.25) is 4.79 Å². The van der Waals surface area contributed by atoms with Gasteiger partial charge in [-0.1, -0.05) is 6.42 Å². The van der Waals surface area contributed by atoms with Crippen molar-refractivity contribution >= 4 is 5.97 Å². The molecule has 1 aliphatic rings. The van der Waals surface area contributed by atoms with Crippen molar-refractivity contribution in [2.45, 2.75) is 38.3 Å². The Bertz CT molecular complexity index is 132. The Morgan fingerprint density at radius 1 is 1.70 bits per heavy atom. The van der Waals surface area contributed by atoms with Crippen LogP contribution in [-0.4, -0.2) is 23.2 Å². The lowest BCUT2D eigenvalue weighted by Crippen LogP contribution is -2.44. The molecule has 58 valence electrons. The normalized spacial score (nSPS) is 21.7. The maximum atomic E-state index is 10.3. The van der Waals surface area contributed by atoms with Crippen LogP contribution in [0.5, 0.6) is 0 Å². The average molecular weight is 143 g/mol. The van der Waals surface area contributed by atoms with Crippen LogP contribution >= 0.6 is 0 Å². The van der Waals surface area contributed by atoms with Crippen molar-refractivity contribution in [1.82, 2.24) is 5.32 Å². The van der Waals surface area contributed by atoms with Crippen molar-refractivity contribution in [2.75, 3.05) is 0 Å². The second kappa shape index (κ2) is 3.01. The topological polar surface area (TPSA) is 49.3 Å². The molecule has 2 N–H and O–H groups in total. The van der Waals surface area contributed by atoms with Crippen LogP contribution < -0.4 is 5.32 Å². The molecule has 3 nitrogen and oxygen atoms in total. The summed E-state index contributed by atoms with van der Waals surface area (Å²) in [4.78, 5) is 10.3. The molecule has 0 amide bonds. The Morgan fingerprint density at radius 3 is 2.60 bits per heavy atom. The number of carbonyl (C=O) groups is 1. The summed E-state index contributed by atoms with van der Waals surface area (Å²) in [5, 5.41) is 11.5. The van der Waals surface area contributed by atoms with E-state index < -0.39 is 5.97 Å². The molecule has 0 saturated heterocycles. The Kier molecular flexibility index (Phi) is 2.27. The first-order valence-corrected chi connectivity index (χ1v) is 3.69. The molecule has 1 saturated carbocycles. The smallest absolute Gasteiger partial charge is 0.320 e. The summed E-state index contributed by atoms with van der Waals surface area (Å²) in [5.41, 5.74) is 0. The summed E-state index contributed by atoms with van der Waals surface area (Å²) < 4.78 is 0. The Balaban J connectivity index is 2.16. The maximum Gasteiger partial charge on any atom is 0.320 e. The van der Waals surface area contributed by atoms with Gasteiger partial charge in [0.05, 0.1) is 0 Å². The number of rotatable bonds is 3. The highest BCUT2D eigenvalue weighted by Gasteiger charge is 2.21. The first-order chi connectivity index (χ1) is 4.70. The molecule has 0 heterocycles. The minimum Gasteiger partial charge on any atom is -0.480 e. The van der Waals surface area contributed by atoms with Gasteiger partial charge in [0.25, 0.3) is 0 Å². The molecular formula is C7H13NO2. The zero-order valence-electron chi connectivity index (χ0n) is 6.13. The van der Waals surface area contributed by atoms with Gasteiger partial charge in [-0.15, -0.1) is 0 Å². The maximum absolute atomic E-state index is 10.3. The Morgan fingerprint density at radius 2 is 2.30 bits per heavy atom. The molecule has 0 bridgehead atoms. The molecule has 0 aromatic rings. The molecule has 0 radical (unpaired) electrons. The first-order valence-electron chi connectivity index (χ1n) is 3.69. The lowest BCUT2D eigenvalue weighted by Gasteiger charge is -2.28. The third kappa shape index (κ3) is 1.70.